The minimum atomic E-state index is -0.130. The van der Waals surface area contributed by atoms with Crippen molar-refractivity contribution in [1.29, 1.82) is 0 Å². The number of carbonyl (C=O) groups is 1. The van der Waals surface area contributed by atoms with Gasteiger partial charge in [0.05, 0.1) is 11.8 Å². The van der Waals surface area contributed by atoms with Crippen molar-refractivity contribution in [2.75, 3.05) is 19.7 Å². The van der Waals surface area contributed by atoms with Gasteiger partial charge in [-0.1, -0.05) is 18.2 Å². The van der Waals surface area contributed by atoms with E-state index in [4.69, 9.17) is 4.74 Å². The summed E-state index contributed by atoms with van der Waals surface area (Å²) < 4.78 is 8.04. The van der Waals surface area contributed by atoms with Gasteiger partial charge >= 0.3 is 0 Å². The Hall–Kier alpha value is -2.18. The number of likely N-dealkylation sites (tertiary alicyclic amines) is 1. The molecule has 3 heterocycles. The number of hydrogen-bond donors (Lipinski definition) is 1. The fourth-order valence-corrected chi connectivity index (χ4v) is 4.17. The van der Waals surface area contributed by atoms with Gasteiger partial charge in [-0.25, -0.2) is 0 Å². The molecule has 1 N–H and O–H groups in total. The Morgan fingerprint density at radius 2 is 2.23 bits per heavy atom. The highest BCUT2D eigenvalue weighted by molar-refractivity contribution is 5.94. The predicted molar refractivity (Wildman–Crippen MR) is 98.7 cm³/mol. The summed E-state index contributed by atoms with van der Waals surface area (Å²) in [6, 6.07) is 9.61. The van der Waals surface area contributed by atoms with Gasteiger partial charge in [-0.05, 0) is 31.4 Å². The number of benzene rings is 1. The van der Waals surface area contributed by atoms with Crippen LogP contribution in [0.4, 0.5) is 0 Å². The molecule has 0 radical (unpaired) electrons. The number of nitrogens with one attached hydrogen (secondary N) is 1. The molecule has 138 valence electrons. The van der Waals surface area contributed by atoms with Gasteiger partial charge < -0.3 is 10.1 Å². The first-order valence-electron chi connectivity index (χ1n) is 9.32. The smallest absolute Gasteiger partial charge is 0.251 e. The Bertz CT molecular complexity index is 760. The lowest BCUT2D eigenvalue weighted by Gasteiger charge is -2.38. The minimum absolute atomic E-state index is 0.0119. The average molecular weight is 354 g/mol. The second kappa shape index (κ2) is 7.21. The summed E-state index contributed by atoms with van der Waals surface area (Å²) in [6.07, 6.45) is 6.77. The van der Waals surface area contributed by atoms with Crippen LogP contribution < -0.4 is 5.32 Å². The first kappa shape index (κ1) is 17.2. The summed E-state index contributed by atoms with van der Waals surface area (Å²) >= 11 is 0. The van der Waals surface area contributed by atoms with Crippen LogP contribution in [-0.4, -0.2) is 51.9 Å². The molecule has 2 aliphatic rings. The highest BCUT2D eigenvalue weighted by Gasteiger charge is 2.43. The molecule has 1 amide bonds. The monoisotopic (exact) mass is 354 g/mol. The zero-order valence-electron chi connectivity index (χ0n) is 15.2. The van der Waals surface area contributed by atoms with Gasteiger partial charge in [0.25, 0.3) is 5.91 Å². The maximum absolute atomic E-state index is 12.5. The lowest BCUT2D eigenvalue weighted by atomic mass is 9.89. The zero-order valence-corrected chi connectivity index (χ0v) is 15.2. The van der Waals surface area contributed by atoms with Crippen molar-refractivity contribution in [3.63, 3.8) is 0 Å². The molecule has 0 saturated carbocycles. The standard InChI is InChI=1S/C20H26N4O2/c1-23-13-16(12-21-23)14-24-9-8-20(15-24)11-18(7-10-26-20)22-19(25)17-5-3-2-4-6-17/h2-6,12-13,18H,7-11,14-15H2,1H3,(H,22,25)/t18-,20+/m1/s1. The minimum Gasteiger partial charge on any atom is -0.373 e. The third-order valence-electron chi connectivity index (χ3n) is 5.42. The molecular weight excluding hydrogens is 328 g/mol. The number of amides is 1. The van der Waals surface area contributed by atoms with Crippen molar-refractivity contribution in [1.82, 2.24) is 20.0 Å². The molecular formula is C20H26N4O2. The zero-order chi connectivity index (χ0) is 18.0. The molecule has 6 nitrogen and oxygen atoms in total. The number of aryl methyl sites for hydroxylation is 1. The van der Waals surface area contributed by atoms with Crippen LogP contribution in [0, 0.1) is 0 Å². The molecule has 4 rings (SSSR count). The summed E-state index contributed by atoms with van der Waals surface area (Å²) in [5.74, 6) is 0.0119. The predicted octanol–water partition coefficient (Wildman–Crippen LogP) is 1.97. The molecule has 0 unspecified atom stereocenters. The summed E-state index contributed by atoms with van der Waals surface area (Å²) in [4.78, 5) is 14.9. The van der Waals surface area contributed by atoms with Crippen LogP contribution in [0.25, 0.3) is 0 Å². The van der Waals surface area contributed by atoms with Crippen LogP contribution in [0.1, 0.15) is 35.2 Å². The lowest BCUT2D eigenvalue weighted by Crippen LogP contribution is -2.49. The van der Waals surface area contributed by atoms with Gasteiger partial charge in [0.15, 0.2) is 0 Å². The average Bonchev–Trinajstić information content (AvgIpc) is 3.22. The van der Waals surface area contributed by atoms with Crippen molar-refractivity contribution in [3.05, 3.63) is 53.9 Å². The van der Waals surface area contributed by atoms with Crippen molar-refractivity contribution in [3.8, 4) is 0 Å². The molecule has 0 aliphatic carbocycles. The molecule has 2 aliphatic heterocycles. The van der Waals surface area contributed by atoms with E-state index >= 15 is 0 Å². The van der Waals surface area contributed by atoms with Gasteiger partial charge in [0.2, 0.25) is 0 Å². The maximum Gasteiger partial charge on any atom is 0.251 e. The van der Waals surface area contributed by atoms with Gasteiger partial charge in [-0.3, -0.25) is 14.4 Å². The van der Waals surface area contributed by atoms with E-state index in [0.29, 0.717) is 6.61 Å². The van der Waals surface area contributed by atoms with E-state index in [1.165, 1.54) is 5.56 Å². The van der Waals surface area contributed by atoms with Crippen LogP contribution in [0.3, 0.4) is 0 Å². The van der Waals surface area contributed by atoms with E-state index in [2.05, 4.69) is 21.5 Å². The van der Waals surface area contributed by atoms with Crippen molar-refractivity contribution in [2.24, 2.45) is 7.05 Å². The number of nitrogens with zero attached hydrogens (tertiary/aromatic N) is 3. The van der Waals surface area contributed by atoms with E-state index in [9.17, 15) is 4.79 Å². The summed E-state index contributed by atoms with van der Waals surface area (Å²) in [6.45, 7) is 3.55. The molecule has 2 fully saturated rings. The first-order valence-corrected chi connectivity index (χ1v) is 9.32. The molecule has 1 aromatic heterocycles. The summed E-state index contributed by atoms with van der Waals surface area (Å²) in [7, 11) is 1.94. The fraction of sp³-hybridized carbons (Fsp3) is 0.500. The fourth-order valence-electron chi connectivity index (χ4n) is 4.17. The van der Waals surface area contributed by atoms with Crippen LogP contribution in [0.5, 0.6) is 0 Å². The van der Waals surface area contributed by atoms with Crippen molar-refractivity contribution < 1.29 is 9.53 Å². The Morgan fingerprint density at radius 1 is 1.38 bits per heavy atom. The van der Waals surface area contributed by atoms with Crippen molar-refractivity contribution in [2.45, 2.75) is 37.5 Å². The normalized spacial score (nSPS) is 26.3. The Kier molecular flexibility index (Phi) is 4.78. The van der Waals surface area contributed by atoms with Crippen LogP contribution >= 0.6 is 0 Å². The highest BCUT2D eigenvalue weighted by atomic mass is 16.5. The Labute approximate surface area is 154 Å². The topological polar surface area (TPSA) is 59.4 Å². The van der Waals surface area contributed by atoms with Gasteiger partial charge in [-0.15, -0.1) is 0 Å². The highest BCUT2D eigenvalue weighted by Crippen LogP contribution is 2.35. The summed E-state index contributed by atoms with van der Waals surface area (Å²) in [5, 5.41) is 7.45. The quantitative estimate of drug-likeness (QED) is 0.912. The van der Waals surface area contributed by atoms with E-state index in [1.807, 2.05) is 48.3 Å². The number of carbonyl (C=O) groups excluding carboxylic acids is 1. The maximum atomic E-state index is 12.5. The van der Waals surface area contributed by atoms with Crippen LogP contribution in [-0.2, 0) is 18.3 Å². The van der Waals surface area contributed by atoms with Crippen LogP contribution in [0.2, 0.25) is 0 Å². The number of rotatable bonds is 4. The lowest BCUT2D eigenvalue weighted by molar-refractivity contribution is -0.0793. The number of aromatic nitrogens is 2. The third kappa shape index (κ3) is 3.81. The first-order chi connectivity index (χ1) is 12.6. The van der Waals surface area contributed by atoms with Crippen molar-refractivity contribution >= 4 is 5.91 Å². The third-order valence-corrected chi connectivity index (χ3v) is 5.42. The number of hydrogen-bond acceptors (Lipinski definition) is 4. The second-order valence-electron chi connectivity index (χ2n) is 7.54. The van der Waals surface area contributed by atoms with E-state index < -0.39 is 0 Å². The molecule has 26 heavy (non-hydrogen) atoms. The molecule has 6 heteroatoms. The number of ether oxygens (including phenoxy) is 1. The molecule has 0 bridgehead atoms. The molecule has 2 saturated heterocycles. The van der Waals surface area contributed by atoms with E-state index in [1.54, 1.807) is 0 Å². The summed E-state index contributed by atoms with van der Waals surface area (Å²) in [5.41, 5.74) is 1.82. The molecule has 1 aromatic carbocycles. The molecule has 1 spiro atoms. The second-order valence-corrected chi connectivity index (χ2v) is 7.54. The Balaban J connectivity index is 1.35. The largest absolute Gasteiger partial charge is 0.373 e. The van der Waals surface area contributed by atoms with E-state index in [0.717, 1.165) is 44.5 Å². The SMILES string of the molecule is Cn1cc(CN2CC[C@]3(C[C@H](NC(=O)c4ccccc4)CCO3)C2)cn1. The van der Waals surface area contributed by atoms with Gasteiger partial charge in [0.1, 0.15) is 0 Å². The molecule has 2 aromatic rings. The van der Waals surface area contributed by atoms with Crippen LogP contribution in [0.15, 0.2) is 42.7 Å². The van der Waals surface area contributed by atoms with Gasteiger partial charge in [-0.2, -0.15) is 5.10 Å². The molecule has 2 atom stereocenters. The Morgan fingerprint density at radius 3 is 3.00 bits per heavy atom. The van der Waals surface area contributed by atoms with Gasteiger partial charge in [0, 0.05) is 56.7 Å². The van der Waals surface area contributed by atoms with E-state index in [-0.39, 0.29) is 17.6 Å².